The van der Waals surface area contributed by atoms with Gasteiger partial charge in [0.1, 0.15) is 24.7 Å². The lowest BCUT2D eigenvalue weighted by molar-refractivity contribution is -0.120. The molecule has 7 nitrogen and oxygen atoms in total. The van der Waals surface area contributed by atoms with E-state index in [1.165, 1.54) is 0 Å². The molecule has 252 valence electrons. The fourth-order valence-corrected chi connectivity index (χ4v) is 7.25. The van der Waals surface area contributed by atoms with Crippen LogP contribution >= 0.6 is 11.6 Å². The number of halogens is 1. The zero-order valence-corrected chi connectivity index (χ0v) is 29.3. The highest BCUT2D eigenvalue weighted by Gasteiger charge is 2.48. The van der Waals surface area contributed by atoms with Crippen LogP contribution in [0.3, 0.4) is 0 Å². The molecule has 0 fully saturated rings. The number of carbonyl (C=O) groups is 2. The second-order valence-corrected chi connectivity index (χ2v) is 14.8. The Hall–Kier alpha value is -4.23. The van der Waals surface area contributed by atoms with Crippen molar-refractivity contribution in [1.82, 2.24) is 0 Å². The normalized spacial score (nSPS) is 18.6. The fraction of sp³-hybridized carbons (Fsp3) is 0.400. The molecule has 2 aliphatic carbocycles. The van der Waals surface area contributed by atoms with Crippen molar-refractivity contribution in [3.05, 3.63) is 105 Å². The minimum absolute atomic E-state index is 0.00727. The summed E-state index contributed by atoms with van der Waals surface area (Å²) >= 11 is 6.94. The Kier molecular flexibility index (Phi) is 9.36. The highest BCUT2D eigenvalue weighted by molar-refractivity contribution is 6.32. The lowest BCUT2D eigenvalue weighted by Gasteiger charge is -2.42. The van der Waals surface area contributed by atoms with Crippen molar-refractivity contribution in [2.45, 2.75) is 79.4 Å². The van der Waals surface area contributed by atoms with Crippen LogP contribution in [0, 0.1) is 10.8 Å². The van der Waals surface area contributed by atoms with Crippen LogP contribution in [-0.4, -0.2) is 25.3 Å². The number of ketones is 2. The van der Waals surface area contributed by atoms with Gasteiger partial charge in [-0.2, -0.15) is 0 Å². The van der Waals surface area contributed by atoms with Crippen molar-refractivity contribution in [1.29, 1.82) is 0 Å². The number of ether oxygens (including phenoxy) is 5. The van der Waals surface area contributed by atoms with Gasteiger partial charge >= 0.3 is 0 Å². The predicted molar refractivity (Wildman–Crippen MR) is 185 cm³/mol. The van der Waals surface area contributed by atoms with Crippen LogP contribution in [0.15, 0.2) is 83.3 Å². The highest BCUT2D eigenvalue weighted by atomic mass is 35.5. The quantitative estimate of drug-likeness (QED) is 0.213. The zero-order chi connectivity index (χ0) is 34.2. The lowest BCUT2D eigenvalue weighted by Crippen LogP contribution is -2.37. The number of carbonyl (C=O) groups excluding carboxylic acids is 2. The van der Waals surface area contributed by atoms with Crippen LogP contribution < -0.4 is 18.9 Å². The van der Waals surface area contributed by atoms with Crippen LogP contribution in [0.1, 0.15) is 82.9 Å². The third kappa shape index (κ3) is 6.98. The van der Waals surface area contributed by atoms with E-state index in [4.69, 9.17) is 35.3 Å². The Morgan fingerprint density at radius 3 is 1.96 bits per heavy atom. The third-order valence-electron chi connectivity index (χ3n) is 9.10. The summed E-state index contributed by atoms with van der Waals surface area (Å²) in [5, 5.41) is 0.320. The maximum absolute atomic E-state index is 13.7. The van der Waals surface area contributed by atoms with Crippen molar-refractivity contribution in [2.75, 3.05) is 13.7 Å². The first-order chi connectivity index (χ1) is 22.9. The van der Waals surface area contributed by atoms with Gasteiger partial charge in [-0.15, -0.1) is 0 Å². The minimum atomic E-state index is -0.589. The van der Waals surface area contributed by atoms with E-state index in [9.17, 15) is 9.59 Å². The minimum Gasteiger partial charge on any atom is -0.493 e. The third-order valence-corrected chi connectivity index (χ3v) is 9.38. The molecule has 3 aromatic carbocycles. The Balaban J connectivity index is 1.30. The number of Topliss-reactive ketones (excluding diaryl/α,β-unsaturated/α-hetero) is 2. The molecule has 3 aromatic rings. The van der Waals surface area contributed by atoms with Gasteiger partial charge in [0.15, 0.2) is 34.6 Å². The smallest absolute Gasteiger partial charge is 0.180 e. The summed E-state index contributed by atoms with van der Waals surface area (Å²) in [6.45, 7) is 11.3. The number of hydrogen-bond acceptors (Lipinski definition) is 7. The summed E-state index contributed by atoms with van der Waals surface area (Å²) in [4.78, 5) is 27.5. The SMILES string of the molecule is CCOc1cc(COc2c(Cl)cc(C3C4=C(CC(C)(C)CC4=O)OC4=C3C(=O)CC(C)(C)C4)cc2OC)ccc1OCc1ccccc1. The molecule has 0 spiro atoms. The van der Waals surface area contributed by atoms with Crippen molar-refractivity contribution in [2.24, 2.45) is 10.8 Å². The molecule has 48 heavy (non-hydrogen) atoms. The van der Waals surface area contributed by atoms with Crippen molar-refractivity contribution < 1.29 is 33.3 Å². The van der Waals surface area contributed by atoms with E-state index in [0.717, 1.165) is 11.1 Å². The molecule has 0 unspecified atom stereocenters. The Bertz CT molecular complexity index is 1750. The molecule has 8 heteroatoms. The fourth-order valence-electron chi connectivity index (χ4n) is 6.98. The van der Waals surface area contributed by atoms with Gasteiger partial charge in [0.05, 0.1) is 18.7 Å². The molecule has 0 amide bonds. The summed E-state index contributed by atoms with van der Waals surface area (Å²) in [5.41, 5.74) is 3.23. The van der Waals surface area contributed by atoms with Crippen molar-refractivity contribution >= 4 is 23.2 Å². The van der Waals surface area contributed by atoms with Gasteiger partial charge in [0, 0.05) is 42.7 Å². The van der Waals surface area contributed by atoms with Crippen LogP contribution in [0.2, 0.25) is 5.02 Å². The maximum atomic E-state index is 13.7. The summed E-state index contributed by atoms with van der Waals surface area (Å²) in [7, 11) is 1.55. The average Bonchev–Trinajstić information content (AvgIpc) is 3.02. The molecule has 0 saturated carbocycles. The van der Waals surface area contributed by atoms with Gasteiger partial charge in [0.25, 0.3) is 0 Å². The second-order valence-electron chi connectivity index (χ2n) is 14.4. The van der Waals surface area contributed by atoms with Gasteiger partial charge in [-0.25, -0.2) is 0 Å². The molecule has 0 aromatic heterocycles. The van der Waals surface area contributed by atoms with E-state index in [1.807, 2.05) is 61.5 Å². The van der Waals surface area contributed by atoms with Gasteiger partial charge in [-0.3, -0.25) is 9.59 Å². The van der Waals surface area contributed by atoms with Crippen LogP contribution in [0.4, 0.5) is 0 Å². The molecule has 1 aliphatic heterocycles. The van der Waals surface area contributed by atoms with Crippen LogP contribution in [0.25, 0.3) is 0 Å². The predicted octanol–water partition coefficient (Wildman–Crippen LogP) is 9.31. The van der Waals surface area contributed by atoms with E-state index in [1.54, 1.807) is 13.2 Å². The molecule has 3 aliphatic rings. The van der Waals surface area contributed by atoms with Gasteiger partial charge in [0.2, 0.25) is 0 Å². The molecule has 0 bridgehead atoms. The summed E-state index contributed by atoms with van der Waals surface area (Å²) in [6, 6.07) is 19.3. The maximum Gasteiger partial charge on any atom is 0.180 e. The van der Waals surface area contributed by atoms with Gasteiger partial charge in [-0.05, 0) is 58.7 Å². The monoisotopic (exact) mass is 670 g/mol. The number of benzene rings is 3. The van der Waals surface area contributed by atoms with Crippen LogP contribution in [-0.2, 0) is 27.5 Å². The molecule has 0 N–H and O–H groups in total. The molecular formula is C40H43ClO7. The molecular weight excluding hydrogens is 628 g/mol. The molecule has 6 rings (SSSR count). The molecule has 0 radical (unpaired) electrons. The summed E-state index contributed by atoms with van der Waals surface area (Å²) in [5.74, 6) is 2.75. The number of allylic oxidation sites excluding steroid dienone is 4. The highest BCUT2D eigenvalue weighted by Crippen LogP contribution is 2.54. The first-order valence-electron chi connectivity index (χ1n) is 16.5. The summed E-state index contributed by atoms with van der Waals surface area (Å²) < 4.78 is 30.5. The van der Waals surface area contributed by atoms with Crippen molar-refractivity contribution in [3.8, 4) is 23.0 Å². The van der Waals surface area contributed by atoms with Gasteiger partial charge in [-0.1, -0.05) is 75.7 Å². The number of hydrogen-bond donors (Lipinski definition) is 0. The Morgan fingerprint density at radius 1 is 0.729 bits per heavy atom. The van der Waals surface area contributed by atoms with E-state index < -0.39 is 5.92 Å². The largest absolute Gasteiger partial charge is 0.493 e. The van der Waals surface area contributed by atoms with E-state index in [-0.39, 0.29) is 29.0 Å². The first kappa shape index (κ1) is 33.7. The number of methoxy groups -OCH3 is 1. The zero-order valence-electron chi connectivity index (χ0n) is 28.5. The second kappa shape index (κ2) is 13.3. The molecule has 1 heterocycles. The van der Waals surface area contributed by atoms with E-state index >= 15 is 0 Å². The molecule has 0 atom stereocenters. The average molecular weight is 671 g/mol. The topological polar surface area (TPSA) is 80.3 Å². The lowest BCUT2D eigenvalue weighted by atomic mass is 9.65. The van der Waals surface area contributed by atoms with Gasteiger partial charge < -0.3 is 23.7 Å². The van der Waals surface area contributed by atoms with Crippen LogP contribution in [0.5, 0.6) is 23.0 Å². The van der Waals surface area contributed by atoms with E-state index in [0.29, 0.717) is 95.1 Å². The number of rotatable bonds is 10. The van der Waals surface area contributed by atoms with E-state index in [2.05, 4.69) is 27.7 Å². The Morgan fingerprint density at radius 2 is 1.35 bits per heavy atom. The van der Waals surface area contributed by atoms with Crippen molar-refractivity contribution in [3.63, 3.8) is 0 Å². The molecule has 0 saturated heterocycles. The summed E-state index contributed by atoms with van der Waals surface area (Å²) in [6.07, 6.45) is 1.98. The standard InChI is InChI=1S/C40H43ClO7/c1-7-45-31-15-25(13-14-30(31)46-22-24-11-9-8-10-12-24)23-47-38-27(41)16-26(17-32(38)44-6)35-36-28(42)18-39(2,3)20-33(36)48-34-21-40(4,5)19-29(43)37(34)35/h8-17,35H,7,18-23H2,1-6H3. The first-order valence-corrected chi connectivity index (χ1v) is 16.9. The Labute approximate surface area is 287 Å².